The van der Waals surface area contributed by atoms with Crippen LogP contribution >= 0.6 is 0 Å². The van der Waals surface area contributed by atoms with E-state index in [0.717, 1.165) is 32.5 Å². The first-order valence-corrected chi connectivity index (χ1v) is 6.82. The first-order chi connectivity index (χ1) is 8.84. The molecule has 1 fully saturated rings. The van der Waals surface area contributed by atoms with Crippen LogP contribution in [0.25, 0.3) is 0 Å². The summed E-state index contributed by atoms with van der Waals surface area (Å²) >= 11 is 0. The molecule has 0 aromatic carbocycles. The number of oxime groups is 1. The summed E-state index contributed by atoms with van der Waals surface area (Å²) in [5, 5.41) is 11.7. The summed E-state index contributed by atoms with van der Waals surface area (Å²) in [5.41, 5.74) is 4.64. The lowest BCUT2D eigenvalue weighted by molar-refractivity contribution is -0.138. The molecule has 6 heteroatoms. The predicted molar refractivity (Wildman–Crippen MR) is 75.1 cm³/mol. The smallest absolute Gasteiger partial charge is 0.235 e. The van der Waals surface area contributed by atoms with Crippen molar-refractivity contribution >= 4 is 11.7 Å². The van der Waals surface area contributed by atoms with E-state index in [1.165, 1.54) is 0 Å². The van der Waals surface area contributed by atoms with Gasteiger partial charge in [0.05, 0.1) is 0 Å². The van der Waals surface area contributed by atoms with Crippen molar-refractivity contribution in [1.82, 2.24) is 9.80 Å². The lowest BCUT2D eigenvalue weighted by Crippen LogP contribution is -2.52. The molecule has 0 radical (unpaired) electrons. The molecular weight excluding hydrogens is 244 g/mol. The molecule has 0 saturated carbocycles. The molecule has 1 saturated heterocycles. The molecule has 0 aliphatic carbocycles. The van der Waals surface area contributed by atoms with Gasteiger partial charge in [0.25, 0.3) is 0 Å². The fourth-order valence-corrected chi connectivity index (χ4v) is 2.46. The van der Waals surface area contributed by atoms with Gasteiger partial charge in [0, 0.05) is 26.2 Å². The number of carbonyl (C=O) groups is 1. The summed E-state index contributed by atoms with van der Waals surface area (Å²) < 4.78 is 0. The summed E-state index contributed by atoms with van der Waals surface area (Å²) in [5.74, 6) is -0.145. The van der Waals surface area contributed by atoms with Crippen molar-refractivity contribution in [3.63, 3.8) is 0 Å². The molecule has 0 spiro atoms. The van der Waals surface area contributed by atoms with Gasteiger partial charge in [-0.25, -0.2) is 0 Å². The van der Waals surface area contributed by atoms with E-state index >= 15 is 0 Å². The van der Waals surface area contributed by atoms with Crippen molar-refractivity contribution in [1.29, 1.82) is 0 Å². The number of hydrogen-bond donors (Lipinski definition) is 2. The van der Waals surface area contributed by atoms with Gasteiger partial charge in [-0.2, -0.15) is 0 Å². The number of amides is 1. The Labute approximate surface area is 115 Å². The maximum absolute atomic E-state index is 12.5. The lowest BCUT2D eigenvalue weighted by Gasteiger charge is -2.39. The zero-order chi connectivity index (χ0) is 14.6. The molecule has 1 rings (SSSR count). The minimum atomic E-state index is -0.967. The number of rotatable bonds is 4. The Balaban J connectivity index is 2.68. The summed E-state index contributed by atoms with van der Waals surface area (Å²) in [6.07, 6.45) is 1.95. The second kappa shape index (κ2) is 6.23. The average molecular weight is 270 g/mol. The Kier molecular flexibility index (Phi) is 5.17. The van der Waals surface area contributed by atoms with Crippen molar-refractivity contribution in [2.24, 2.45) is 16.3 Å². The zero-order valence-electron chi connectivity index (χ0n) is 12.4. The van der Waals surface area contributed by atoms with Crippen LogP contribution < -0.4 is 5.73 Å². The maximum atomic E-state index is 12.5. The second-order valence-electron chi connectivity index (χ2n) is 5.69. The van der Waals surface area contributed by atoms with E-state index < -0.39 is 5.41 Å². The van der Waals surface area contributed by atoms with Crippen molar-refractivity contribution in [3.05, 3.63) is 0 Å². The van der Waals surface area contributed by atoms with Gasteiger partial charge in [-0.1, -0.05) is 12.1 Å². The number of hydrogen-bond acceptors (Lipinski definition) is 4. The minimum absolute atomic E-state index is 0.0460. The highest BCUT2D eigenvalue weighted by Gasteiger charge is 2.38. The van der Waals surface area contributed by atoms with Crippen LogP contribution in [0.2, 0.25) is 0 Å². The van der Waals surface area contributed by atoms with E-state index in [1.807, 2.05) is 0 Å². The number of amidine groups is 1. The molecule has 110 valence electrons. The largest absolute Gasteiger partial charge is 0.409 e. The highest BCUT2D eigenvalue weighted by molar-refractivity contribution is 6.05. The topological polar surface area (TPSA) is 82.2 Å². The third-order valence-electron chi connectivity index (χ3n) is 4.16. The fraction of sp³-hybridized carbons (Fsp3) is 0.846. The molecule has 3 N–H and O–H groups in total. The molecule has 0 atom stereocenters. The number of piperidine rings is 1. The molecule has 1 aliphatic rings. The standard InChI is InChI=1S/C13H26N4O2/c1-5-17-8-6-10(7-9-17)16(4)12(18)13(2,3)11(14)15-19/h10,19H,5-9H2,1-4H3,(H2,14,15). The van der Waals surface area contributed by atoms with Crippen molar-refractivity contribution in [3.8, 4) is 0 Å². The van der Waals surface area contributed by atoms with E-state index in [0.29, 0.717) is 0 Å². The number of nitrogens with two attached hydrogens (primary N) is 1. The fourth-order valence-electron chi connectivity index (χ4n) is 2.46. The Bertz CT molecular complexity index is 347. The van der Waals surface area contributed by atoms with Crippen LogP contribution in [-0.4, -0.2) is 59.5 Å². The van der Waals surface area contributed by atoms with Gasteiger partial charge in [0.15, 0.2) is 5.84 Å². The highest BCUT2D eigenvalue weighted by Crippen LogP contribution is 2.23. The number of carbonyl (C=O) groups excluding carboxylic acids is 1. The molecule has 0 aromatic heterocycles. The molecule has 19 heavy (non-hydrogen) atoms. The van der Waals surface area contributed by atoms with Crippen LogP contribution in [-0.2, 0) is 4.79 Å². The SMILES string of the molecule is CCN1CCC(N(C)C(=O)C(C)(C)C(N)=NO)CC1. The molecular formula is C13H26N4O2. The number of nitrogens with zero attached hydrogens (tertiary/aromatic N) is 3. The van der Waals surface area contributed by atoms with Gasteiger partial charge in [-0.05, 0) is 33.2 Å². The van der Waals surface area contributed by atoms with Crippen LogP contribution in [0, 0.1) is 5.41 Å². The van der Waals surface area contributed by atoms with E-state index in [9.17, 15) is 4.79 Å². The first kappa shape index (κ1) is 15.8. The minimum Gasteiger partial charge on any atom is -0.409 e. The van der Waals surface area contributed by atoms with Gasteiger partial charge in [-0.3, -0.25) is 4.79 Å². The van der Waals surface area contributed by atoms with Crippen LogP contribution in [0.5, 0.6) is 0 Å². The lowest BCUT2D eigenvalue weighted by atomic mass is 9.89. The quantitative estimate of drug-likeness (QED) is 0.341. The van der Waals surface area contributed by atoms with Crippen LogP contribution in [0.4, 0.5) is 0 Å². The molecule has 1 heterocycles. The summed E-state index contributed by atoms with van der Waals surface area (Å²) in [6, 6.07) is 0.237. The van der Waals surface area contributed by atoms with Gasteiger partial charge in [-0.15, -0.1) is 0 Å². The van der Waals surface area contributed by atoms with E-state index in [1.54, 1.807) is 25.8 Å². The first-order valence-electron chi connectivity index (χ1n) is 6.82. The highest BCUT2D eigenvalue weighted by atomic mass is 16.4. The Morgan fingerprint density at radius 1 is 1.47 bits per heavy atom. The maximum Gasteiger partial charge on any atom is 0.235 e. The Morgan fingerprint density at radius 2 is 2.00 bits per heavy atom. The van der Waals surface area contributed by atoms with E-state index in [2.05, 4.69) is 17.0 Å². The van der Waals surface area contributed by atoms with Crippen LogP contribution in [0.15, 0.2) is 5.16 Å². The molecule has 0 aromatic rings. The monoisotopic (exact) mass is 270 g/mol. The van der Waals surface area contributed by atoms with Gasteiger partial charge in [0.2, 0.25) is 5.91 Å². The Hall–Kier alpha value is -1.30. The third kappa shape index (κ3) is 3.37. The van der Waals surface area contributed by atoms with Crippen molar-refractivity contribution in [2.45, 2.75) is 39.7 Å². The molecule has 1 aliphatic heterocycles. The van der Waals surface area contributed by atoms with Crippen molar-refractivity contribution in [2.75, 3.05) is 26.7 Å². The van der Waals surface area contributed by atoms with Crippen LogP contribution in [0.3, 0.4) is 0 Å². The van der Waals surface area contributed by atoms with Crippen molar-refractivity contribution < 1.29 is 10.0 Å². The molecule has 6 nitrogen and oxygen atoms in total. The molecule has 0 unspecified atom stereocenters. The van der Waals surface area contributed by atoms with Crippen LogP contribution in [0.1, 0.15) is 33.6 Å². The van der Waals surface area contributed by atoms with Gasteiger partial charge < -0.3 is 20.7 Å². The van der Waals surface area contributed by atoms with E-state index in [4.69, 9.17) is 10.9 Å². The summed E-state index contributed by atoms with van der Waals surface area (Å²) in [7, 11) is 1.81. The third-order valence-corrected chi connectivity index (χ3v) is 4.16. The number of likely N-dealkylation sites (tertiary alicyclic amines) is 1. The Morgan fingerprint density at radius 3 is 2.42 bits per heavy atom. The van der Waals surface area contributed by atoms with Gasteiger partial charge >= 0.3 is 0 Å². The normalized spacial score (nSPS) is 19.5. The average Bonchev–Trinajstić information content (AvgIpc) is 2.44. The van der Waals surface area contributed by atoms with Gasteiger partial charge in [0.1, 0.15) is 5.41 Å². The zero-order valence-corrected chi connectivity index (χ0v) is 12.4. The molecule has 1 amide bonds. The molecule has 0 bridgehead atoms. The summed E-state index contributed by atoms with van der Waals surface area (Å²) in [6.45, 7) is 8.60. The second-order valence-corrected chi connectivity index (χ2v) is 5.69. The summed E-state index contributed by atoms with van der Waals surface area (Å²) in [4.78, 5) is 16.6. The predicted octanol–water partition coefficient (Wildman–Crippen LogP) is 0.702. The van der Waals surface area contributed by atoms with E-state index in [-0.39, 0.29) is 17.8 Å².